The van der Waals surface area contributed by atoms with Gasteiger partial charge in [0.1, 0.15) is 11.6 Å². The molecule has 0 saturated carbocycles. The molecule has 0 spiro atoms. The summed E-state index contributed by atoms with van der Waals surface area (Å²) in [6, 6.07) is 4.90. The maximum Gasteiger partial charge on any atom is 0.123 e. The summed E-state index contributed by atoms with van der Waals surface area (Å²) in [7, 11) is 1.58. The highest BCUT2D eigenvalue weighted by molar-refractivity contribution is 6.17. The zero-order valence-electron chi connectivity index (χ0n) is 8.02. The number of benzene rings is 1. The molecule has 0 atom stereocenters. The van der Waals surface area contributed by atoms with Crippen LogP contribution in [0.2, 0.25) is 0 Å². The van der Waals surface area contributed by atoms with Crippen molar-refractivity contribution in [1.29, 1.82) is 0 Å². The highest BCUT2D eigenvalue weighted by atomic mass is 35.5. The van der Waals surface area contributed by atoms with Crippen molar-refractivity contribution in [3.05, 3.63) is 29.6 Å². The molecular formula is C10H13ClFNO. The van der Waals surface area contributed by atoms with Gasteiger partial charge in [-0.3, -0.25) is 0 Å². The first kappa shape index (κ1) is 11.3. The van der Waals surface area contributed by atoms with E-state index in [1.54, 1.807) is 13.2 Å². The number of methoxy groups -OCH3 is 1. The van der Waals surface area contributed by atoms with Crippen LogP contribution in [0, 0.1) is 5.82 Å². The van der Waals surface area contributed by atoms with E-state index in [9.17, 15) is 4.39 Å². The number of hydrogen-bond acceptors (Lipinski definition) is 2. The van der Waals surface area contributed by atoms with Gasteiger partial charge in [0.2, 0.25) is 0 Å². The smallest absolute Gasteiger partial charge is 0.123 e. The molecule has 0 heterocycles. The zero-order chi connectivity index (χ0) is 10.4. The molecule has 0 bridgehead atoms. The average Bonchev–Trinajstić information content (AvgIpc) is 2.19. The Morgan fingerprint density at radius 1 is 1.50 bits per heavy atom. The Bertz CT molecular complexity index is 293. The van der Waals surface area contributed by atoms with Crippen LogP contribution in [0.5, 0.6) is 5.75 Å². The normalized spacial score (nSPS) is 10.2. The molecule has 0 unspecified atom stereocenters. The van der Waals surface area contributed by atoms with Gasteiger partial charge in [0.25, 0.3) is 0 Å². The molecule has 14 heavy (non-hydrogen) atoms. The van der Waals surface area contributed by atoms with Crippen LogP contribution in [0.4, 0.5) is 4.39 Å². The minimum absolute atomic E-state index is 0.244. The van der Waals surface area contributed by atoms with Crippen molar-refractivity contribution in [2.45, 2.75) is 6.42 Å². The maximum atomic E-state index is 12.9. The maximum absolute atomic E-state index is 12.9. The standard InChI is InChI=1S/C10H13ClFNO/c1-14-10-3-2-9(12)6-8(10)4-5-13-7-11/h2-3,6,13H,4-5,7H2,1H3. The topological polar surface area (TPSA) is 21.3 Å². The predicted molar refractivity (Wildman–Crippen MR) is 55.4 cm³/mol. The Hall–Kier alpha value is -0.800. The Morgan fingerprint density at radius 2 is 2.29 bits per heavy atom. The van der Waals surface area contributed by atoms with Crippen LogP contribution in [-0.2, 0) is 6.42 Å². The number of alkyl halides is 1. The van der Waals surface area contributed by atoms with E-state index in [0.717, 1.165) is 5.56 Å². The second-order valence-corrected chi connectivity index (χ2v) is 3.11. The van der Waals surface area contributed by atoms with Gasteiger partial charge in [0.05, 0.1) is 13.1 Å². The van der Waals surface area contributed by atoms with Crippen LogP contribution in [0.15, 0.2) is 18.2 Å². The third kappa shape index (κ3) is 3.16. The first-order chi connectivity index (χ1) is 6.77. The number of ether oxygens (including phenoxy) is 1. The van der Waals surface area contributed by atoms with Crippen LogP contribution in [0.1, 0.15) is 5.56 Å². The first-order valence-corrected chi connectivity index (χ1v) is 4.90. The number of rotatable bonds is 5. The number of nitrogens with one attached hydrogen (secondary N) is 1. The van der Waals surface area contributed by atoms with Crippen LogP contribution < -0.4 is 10.1 Å². The molecule has 0 aliphatic heterocycles. The fraction of sp³-hybridized carbons (Fsp3) is 0.400. The van der Waals surface area contributed by atoms with E-state index in [2.05, 4.69) is 5.32 Å². The number of hydrogen-bond donors (Lipinski definition) is 1. The fourth-order valence-corrected chi connectivity index (χ4v) is 1.37. The monoisotopic (exact) mass is 217 g/mol. The fourth-order valence-electron chi connectivity index (χ4n) is 1.23. The van der Waals surface area contributed by atoms with Crippen LogP contribution in [-0.4, -0.2) is 19.7 Å². The Balaban J connectivity index is 2.67. The number of halogens is 2. The SMILES string of the molecule is COc1ccc(F)cc1CCNCCl. The summed E-state index contributed by atoms with van der Waals surface area (Å²) in [4.78, 5) is 0. The lowest BCUT2D eigenvalue weighted by atomic mass is 10.1. The third-order valence-electron chi connectivity index (χ3n) is 1.91. The van der Waals surface area contributed by atoms with Gasteiger partial charge in [0.15, 0.2) is 0 Å². The molecule has 1 rings (SSSR count). The van der Waals surface area contributed by atoms with E-state index in [1.165, 1.54) is 12.1 Å². The third-order valence-corrected chi connectivity index (χ3v) is 2.10. The summed E-state index contributed by atoms with van der Waals surface area (Å²) in [6.07, 6.45) is 0.702. The van der Waals surface area contributed by atoms with Crippen LogP contribution in [0.25, 0.3) is 0 Å². The van der Waals surface area contributed by atoms with Crippen LogP contribution >= 0.6 is 11.6 Å². The lowest BCUT2D eigenvalue weighted by Gasteiger charge is -2.08. The summed E-state index contributed by atoms with van der Waals surface area (Å²) in [5.41, 5.74) is 0.852. The minimum Gasteiger partial charge on any atom is -0.496 e. The summed E-state index contributed by atoms with van der Waals surface area (Å²) in [5.74, 6) is 0.467. The lowest BCUT2D eigenvalue weighted by Crippen LogP contribution is -2.15. The van der Waals surface area contributed by atoms with E-state index in [0.29, 0.717) is 24.7 Å². The van der Waals surface area contributed by atoms with Gasteiger partial charge in [-0.25, -0.2) is 4.39 Å². The van der Waals surface area contributed by atoms with Gasteiger partial charge in [-0.15, -0.1) is 11.6 Å². The average molecular weight is 218 g/mol. The molecule has 0 amide bonds. The van der Waals surface area contributed by atoms with E-state index in [-0.39, 0.29) is 5.82 Å². The molecule has 0 saturated heterocycles. The van der Waals surface area contributed by atoms with Gasteiger partial charge in [-0.2, -0.15) is 0 Å². The second-order valence-electron chi connectivity index (χ2n) is 2.84. The minimum atomic E-state index is -0.244. The van der Waals surface area contributed by atoms with Crippen molar-refractivity contribution < 1.29 is 9.13 Å². The Labute approximate surface area is 88.0 Å². The van der Waals surface area contributed by atoms with Crippen molar-refractivity contribution in [3.63, 3.8) is 0 Å². The highest BCUT2D eigenvalue weighted by Gasteiger charge is 2.03. The molecule has 2 nitrogen and oxygen atoms in total. The zero-order valence-corrected chi connectivity index (χ0v) is 8.77. The summed E-state index contributed by atoms with van der Waals surface area (Å²) < 4.78 is 18.0. The molecule has 0 aliphatic carbocycles. The molecule has 1 aromatic rings. The van der Waals surface area contributed by atoms with Crippen molar-refractivity contribution >= 4 is 11.6 Å². The van der Waals surface area contributed by atoms with E-state index < -0.39 is 0 Å². The van der Waals surface area contributed by atoms with E-state index in [4.69, 9.17) is 16.3 Å². The Kier molecular flexibility index (Phi) is 4.70. The summed E-state index contributed by atoms with van der Waals surface area (Å²) in [5, 5.41) is 2.95. The van der Waals surface area contributed by atoms with Crippen molar-refractivity contribution in [2.75, 3.05) is 19.7 Å². The highest BCUT2D eigenvalue weighted by Crippen LogP contribution is 2.19. The first-order valence-electron chi connectivity index (χ1n) is 4.37. The van der Waals surface area contributed by atoms with E-state index in [1.807, 2.05) is 0 Å². The predicted octanol–water partition coefficient (Wildman–Crippen LogP) is 2.16. The van der Waals surface area contributed by atoms with Crippen molar-refractivity contribution in [1.82, 2.24) is 5.32 Å². The van der Waals surface area contributed by atoms with Gasteiger partial charge in [-0.1, -0.05) is 0 Å². The van der Waals surface area contributed by atoms with Crippen LogP contribution in [0.3, 0.4) is 0 Å². The van der Waals surface area contributed by atoms with Gasteiger partial charge >= 0.3 is 0 Å². The molecule has 1 N–H and O–H groups in total. The molecule has 1 aromatic carbocycles. The van der Waals surface area contributed by atoms with Gasteiger partial charge in [-0.05, 0) is 30.2 Å². The molecule has 0 radical (unpaired) electrons. The largest absolute Gasteiger partial charge is 0.496 e. The summed E-state index contributed by atoms with van der Waals surface area (Å²) in [6.45, 7) is 0.712. The van der Waals surface area contributed by atoms with E-state index >= 15 is 0 Å². The van der Waals surface area contributed by atoms with Gasteiger partial charge < -0.3 is 10.1 Å². The molecule has 4 heteroatoms. The Morgan fingerprint density at radius 3 is 2.93 bits per heavy atom. The summed E-state index contributed by atoms with van der Waals surface area (Å²) >= 11 is 5.46. The quantitative estimate of drug-likeness (QED) is 0.464. The molecule has 0 aromatic heterocycles. The molecule has 0 aliphatic rings. The second kappa shape index (κ2) is 5.83. The van der Waals surface area contributed by atoms with Crippen molar-refractivity contribution in [3.8, 4) is 5.75 Å². The molecule has 78 valence electrons. The molecular weight excluding hydrogens is 205 g/mol. The molecule has 0 fully saturated rings. The van der Waals surface area contributed by atoms with Crippen molar-refractivity contribution in [2.24, 2.45) is 0 Å². The lowest BCUT2D eigenvalue weighted by molar-refractivity contribution is 0.408. The van der Waals surface area contributed by atoms with Gasteiger partial charge in [0, 0.05) is 6.54 Å².